The van der Waals surface area contributed by atoms with Gasteiger partial charge >= 0.3 is 5.97 Å². The summed E-state index contributed by atoms with van der Waals surface area (Å²) in [4.78, 5) is 40.4. The smallest absolute Gasteiger partial charge is 0.356 e. The van der Waals surface area contributed by atoms with E-state index in [1.54, 1.807) is 12.3 Å². The van der Waals surface area contributed by atoms with Crippen LogP contribution in [0.5, 0.6) is 5.75 Å². The molecule has 1 saturated heterocycles. The van der Waals surface area contributed by atoms with Crippen LogP contribution in [0.15, 0.2) is 35.3 Å². The van der Waals surface area contributed by atoms with Gasteiger partial charge in [-0.1, -0.05) is 6.92 Å². The zero-order chi connectivity index (χ0) is 22.9. The molecule has 0 saturated carbocycles. The molecule has 1 atom stereocenters. The van der Waals surface area contributed by atoms with Crippen molar-refractivity contribution in [1.29, 1.82) is 0 Å². The SMILES string of the molecule is CCc1nc2cc3c(cc2[nH]c1=O)CN1CCN(c2ccc(C(=O)OC)nc2)C[C@@H]1CCO3. The number of nitrogens with one attached hydrogen (secondary N) is 1. The summed E-state index contributed by atoms with van der Waals surface area (Å²) in [6, 6.07) is 7.90. The van der Waals surface area contributed by atoms with Gasteiger partial charge in [0.1, 0.15) is 17.1 Å². The van der Waals surface area contributed by atoms with Crippen molar-refractivity contribution < 1.29 is 14.3 Å². The van der Waals surface area contributed by atoms with E-state index in [0.717, 1.165) is 60.6 Å². The Balaban J connectivity index is 1.36. The second-order valence-corrected chi connectivity index (χ2v) is 8.44. The van der Waals surface area contributed by atoms with Gasteiger partial charge in [-0.25, -0.2) is 14.8 Å². The molecule has 2 aromatic heterocycles. The Morgan fingerprint density at radius 2 is 2.18 bits per heavy atom. The summed E-state index contributed by atoms with van der Waals surface area (Å²) < 4.78 is 10.9. The lowest BCUT2D eigenvalue weighted by Crippen LogP contribution is -2.53. The summed E-state index contributed by atoms with van der Waals surface area (Å²) in [5.41, 5.74) is 4.27. The second-order valence-electron chi connectivity index (χ2n) is 8.44. The number of benzene rings is 1. The van der Waals surface area contributed by atoms with E-state index in [0.29, 0.717) is 30.5 Å². The van der Waals surface area contributed by atoms with Crippen LogP contribution in [0.2, 0.25) is 0 Å². The molecule has 0 spiro atoms. The maximum atomic E-state index is 12.2. The number of ether oxygens (including phenoxy) is 2. The van der Waals surface area contributed by atoms with Crippen molar-refractivity contribution in [3.05, 3.63) is 57.8 Å². The van der Waals surface area contributed by atoms with Crippen molar-refractivity contribution in [2.75, 3.05) is 38.3 Å². The summed E-state index contributed by atoms with van der Waals surface area (Å²) in [6.45, 7) is 5.89. The Morgan fingerprint density at radius 3 is 2.94 bits per heavy atom. The second kappa shape index (κ2) is 8.82. The van der Waals surface area contributed by atoms with Crippen molar-refractivity contribution >= 4 is 22.7 Å². The summed E-state index contributed by atoms with van der Waals surface area (Å²) in [6.07, 6.45) is 3.23. The van der Waals surface area contributed by atoms with Crippen LogP contribution in [0.1, 0.15) is 35.1 Å². The molecule has 172 valence electrons. The van der Waals surface area contributed by atoms with Crippen LogP contribution in [-0.2, 0) is 17.7 Å². The van der Waals surface area contributed by atoms with Crippen LogP contribution < -0.4 is 15.2 Å². The zero-order valence-electron chi connectivity index (χ0n) is 18.8. The van der Waals surface area contributed by atoms with Crippen molar-refractivity contribution in [3.63, 3.8) is 0 Å². The number of piperazine rings is 1. The standard InChI is InChI=1S/C24H27N5O4/c1-3-18-23(30)27-20-10-15-13-28-7-8-29(16-4-5-19(25-12-16)24(31)32-2)14-17(28)6-9-33-22(15)11-21(20)26-18/h4-5,10-12,17H,3,6-9,13-14H2,1-2H3,(H,27,30)/t17-/m0/s1. The van der Waals surface area contributed by atoms with Gasteiger partial charge in [0.2, 0.25) is 0 Å². The fraction of sp³-hybridized carbons (Fsp3) is 0.417. The average molecular weight is 450 g/mol. The van der Waals surface area contributed by atoms with E-state index in [2.05, 4.69) is 24.8 Å². The maximum absolute atomic E-state index is 12.2. The number of hydrogen-bond acceptors (Lipinski definition) is 8. The molecule has 5 rings (SSSR count). The monoisotopic (exact) mass is 449 g/mol. The number of fused-ring (bicyclic) bond motifs is 3. The maximum Gasteiger partial charge on any atom is 0.356 e. The van der Waals surface area contributed by atoms with Gasteiger partial charge in [0.25, 0.3) is 5.56 Å². The highest BCUT2D eigenvalue weighted by Crippen LogP contribution is 2.30. The van der Waals surface area contributed by atoms with E-state index >= 15 is 0 Å². The molecule has 33 heavy (non-hydrogen) atoms. The van der Waals surface area contributed by atoms with E-state index in [1.165, 1.54) is 7.11 Å². The highest BCUT2D eigenvalue weighted by molar-refractivity contribution is 5.87. The fourth-order valence-electron chi connectivity index (χ4n) is 4.63. The Hall–Kier alpha value is -3.46. The molecule has 1 fully saturated rings. The van der Waals surface area contributed by atoms with E-state index in [9.17, 15) is 9.59 Å². The molecule has 1 aromatic carbocycles. The molecule has 2 aliphatic rings. The normalized spacial score (nSPS) is 18.6. The van der Waals surface area contributed by atoms with Gasteiger partial charge in [0, 0.05) is 43.9 Å². The van der Waals surface area contributed by atoms with Gasteiger partial charge in [-0.05, 0) is 31.0 Å². The average Bonchev–Trinajstić information content (AvgIpc) is 2.83. The molecule has 1 N–H and O–H groups in total. The van der Waals surface area contributed by atoms with E-state index in [1.807, 2.05) is 25.1 Å². The molecule has 0 radical (unpaired) electrons. The third-order valence-electron chi connectivity index (χ3n) is 6.47. The quantitative estimate of drug-likeness (QED) is 0.607. The third kappa shape index (κ3) is 4.16. The number of pyridine rings is 1. The molecule has 3 aromatic rings. The molecule has 0 bridgehead atoms. The van der Waals surface area contributed by atoms with Crippen molar-refractivity contribution in [2.45, 2.75) is 32.4 Å². The first kappa shape index (κ1) is 21.4. The fourth-order valence-corrected chi connectivity index (χ4v) is 4.63. The number of esters is 1. The number of aromatic amines is 1. The molecule has 0 unspecified atom stereocenters. The molecule has 0 aliphatic carbocycles. The highest BCUT2D eigenvalue weighted by Gasteiger charge is 2.30. The third-order valence-corrected chi connectivity index (χ3v) is 6.47. The van der Waals surface area contributed by atoms with Crippen LogP contribution in [-0.4, -0.2) is 65.2 Å². The van der Waals surface area contributed by atoms with Crippen molar-refractivity contribution in [2.24, 2.45) is 0 Å². The largest absolute Gasteiger partial charge is 0.493 e. The van der Waals surface area contributed by atoms with Crippen molar-refractivity contribution in [1.82, 2.24) is 19.9 Å². The van der Waals surface area contributed by atoms with Gasteiger partial charge < -0.3 is 19.4 Å². The molecule has 4 heterocycles. The van der Waals surface area contributed by atoms with Crippen LogP contribution in [0, 0.1) is 0 Å². The van der Waals surface area contributed by atoms with Crippen molar-refractivity contribution in [3.8, 4) is 5.75 Å². The van der Waals surface area contributed by atoms with E-state index in [-0.39, 0.29) is 5.56 Å². The molecular weight excluding hydrogens is 422 g/mol. The number of rotatable bonds is 3. The Labute approximate surface area is 191 Å². The minimum Gasteiger partial charge on any atom is -0.493 e. The van der Waals surface area contributed by atoms with Gasteiger partial charge in [0.05, 0.1) is 36.6 Å². The molecule has 2 aliphatic heterocycles. The summed E-state index contributed by atoms with van der Waals surface area (Å²) in [7, 11) is 1.35. The molecular formula is C24H27N5O4. The number of nitrogens with zero attached hydrogens (tertiary/aromatic N) is 4. The number of methoxy groups -OCH3 is 1. The minimum atomic E-state index is -0.433. The lowest BCUT2D eigenvalue weighted by Gasteiger charge is -2.43. The number of H-pyrrole nitrogens is 1. The highest BCUT2D eigenvalue weighted by atomic mass is 16.5. The number of hydrogen-bond donors (Lipinski definition) is 1. The lowest BCUT2D eigenvalue weighted by atomic mass is 10.0. The first-order valence-corrected chi connectivity index (χ1v) is 11.3. The molecule has 9 heteroatoms. The van der Waals surface area contributed by atoms with Gasteiger partial charge in [0.15, 0.2) is 0 Å². The van der Waals surface area contributed by atoms with E-state index < -0.39 is 5.97 Å². The first-order valence-electron chi connectivity index (χ1n) is 11.3. The summed E-state index contributed by atoms with van der Waals surface area (Å²) in [5.74, 6) is 0.407. The van der Waals surface area contributed by atoms with Crippen LogP contribution in [0.4, 0.5) is 5.69 Å². The summed E-state index contributed by atoms with van der Waals surface area (Å²) in [5, 5.41) is 0. The predicted octanol–water partition coefficient (Wildman–Crippen LogP) is 2.14. The number of aromatic nitrogens is 3. The van der Waals surface area contributed by atoms with E-state index in [4.69, 9.17) is 9.47 Å². The Kier molecular flexibility index (Phi) is 5.72. The zero-order valence-corrected chi connectivity index (χ0v) is 18.8. The van der Waals surface area contributed by atoms with Gasteiger partial charge in [-0.15, -0.1) is 0 Å². The Bertz CT molecular complexity index is 1240. The number of aryl methyl sites for hydroxylation is 1. The van der Waals surface area contributed by atoms with Crippen LogP contribution >= 0.6 is 0 Å². The van der Waals surface area contributed by atoms with Gasteiger partial charge in [-0.2, -0.15) is 0 Å². The lowest BCUT2D eigenvalue weighted by molar-refractivity contribution is 0.0594. The van der Waals surface area contributed by atoms with Gasteiger partial charge in [-0.3, -0.25) is 9.69 Å². The molecule has 9 nitrogen and oxygen atoms in total. The number of anilines is 1. The Morgan fingerprint density at radius 1 is 1.30 bits per heavy atom. The molecule has 0 amide bonds. The summed E-state index contributed by atoms with van der Waals surface area (Å²) >= 11 is 0. The minimum absolute atomic E-state index is 0.130. The first-order chi connectivity index (χ1) is 16.1. The number of carbonyl (C=O) groups is 1. The van der Waals surface area contributed by atoms with Crippen LogP contribution in [0.3, 0.4) is 0 Å². The van der Waals surface area contributed by atoms with Crippen LogP contribution in [0.25, 0.3) is 11.0 Å². The predicted molar refractivity (Wildman–Crippen MR) is 124 cm³/mol. The number of carbonyl (C=O) groups excluding carboxylic acids is 1. The topological polar surface area (TPSA) is 101 Å².